The molecule has 3 amide bonds. The maximum Gasteiger partial charge on any atom is 0.257 e. The first kappa shape index (κ1) is 29.0. The molecule has 190 valence electrons. The Bertz CT molecular complexity index is 945. The van der Waals surface area contributed by atoms with Crippen LogP contribution in [-0.2, 0) is 19.6 Å². The lowest BCUT2D eigenvalue weighted by molar-refractivity contribution is -0.127. The number of aliphatic imine (C=N–C) groups is 1. The molecule has 34 heavy (non-hydrogen) atoms. The number of unbranched alkanes of at least 4 members (excludes halogenated alkanes) is 5. The van der Waals surface area contributed by atoms with Gasteiger partial charge in [0.05, 0.1) is 24.6 Å². The molecule has 0 bridgehead atoms. The number of aliphatic hydroxyl groups excluding tert-OH is 1. The molecule has 0 fully saturated rings. The highest BCUT2D eigenvalue weighted by Crippen LogP contribution is 2.12. The molecule has 0 saturated heterocycles. The van der Waals surface area contributed by atoms with Gasteiger partial charge < -0.3 is 21.9 Å². The molecule has 1 rings (SSSR count). The second-order valence-electron chi connectivity index (χ2n) is 7.62. The van der Waals surface area contributed by atoms with Crippen molar-refractivity contribution in [1.82, 2.24) is 15.4 Å². The summed E-state index contributed by atoms with van der Waals surface area (Å²) in [5.74, 6) is -2.74. The molecule has 0 unspecified atom stereocenters. The molecule has 13 heteroatoms. The van der Waals surface area contributed by atoms with Gasteiger partial charge >= 0.3 is 0 Å². The number of benzene rings is 1. The van der Waals surface area contributed by atoms with Crippen LogP contribution in [0.25, 0.3) is 0 Å². The van der Waals surface area contributed by atoms with Gasteiger partial charge in [0.2, 0.25) is 21.8 Å². The Morgan fingerprint density at radius 3 is 2.24 bits per heavy atom. The summed E-state index contributed by atoms with van der Waals surface area (Å²) >= 11 is 0. The Labute approximate surface area is 199 Å². The van der Waals surface area contributed by atoms with Crippen LogP contribution in [0.5, 0.6) is 0 Å². The van der Waals surface area contributed by atoms with Gasteiger partial charge in [0.25, 0.3) is 5.91 Å². The first-order valence-electron chi connectivity index (χ1n) is 11.0. The standard InChI is InChI=1S/C21H34N6O6S/c1-2-3-4-5-6-7-12-34(32,33)27-17(14-28)20(31)24-13-18(29)26-19(30)15-8-10-16(11-9-15)25-21(22)23/h8-11,17,27-28H,2-7,12-14H2,1H3,(H,24,31)(H4,22,23,25)(H,26,29,30)/t17-/m0/s1. The molecule has 0 aliphatic heterocycles. The quantitative estimate of drug-likeness (QED) is 0.106. The lowest BCUT2D eigenvalue weighted by Gasteiger charge is -2.16. The summed E-state index contributed by atoms with van der Waals surface area (Å²) in [6.07, 6.45) is 5.36. The highest BCUT2D eigenvalue weighted by atomic mass is 32.2. The number of hydrogen-bond acceptors (Lipinski definition) is 7. The summed E-state index contributed by atoms with van der Waals surface area (Å²) in [4.78, 5) is 40.1. The van der Waals surface area contributed by atoms with Crippen molar-refractivity contribution in [2.45, 2.75) is 51.5 Å². The van der Waals surface area contributed by atoms with Gasteiger partial charge in [-0.25, -0.2) is 18.1 Å². The van der Waals surface area contributed by atoms with E-state index in [1.807, 2.05) is 0 Å². The molecule has 0 heterocycles. The third kappa shape index (κ3) is 11.7. The van der Waals surface area contributed by atoms with Crippen LogP contribution in [-0.4, -0.2) is 62.2 Å². The monoisotopic (exact) mass is 498 g/mol. The van der Waals surface area contributed by atoms with Crippen LogP contribution in [0.15, 0.2) is 29.3 Å². The predicted molar refractivity (Wildman–Crippen MR) is 129 cm³/mol. The van der Waals surface area contributed by atoms with Crippen molar-refractivity contribution >= 4 is 39.4 Å². The Hall–Kier alpha value is -3.03. The summed E-state index contributed by atoms with van der Waals surface area (Å²) in [6.45, 7) is 0.710. The number of nitrogens with zero attached hydrogens (tertiary/aromatic N) is 1. The van der Waals surface area contributed by atoms with Crippen LogP contribution in [0.2, 0.25) is 0 Å². The second kappa shape index (κ2) is 15.0. The Morgan fingerprint density at radius 1 is 1.03 bits per heavy atom. The predicted octanol–water partition coefficient (Wildman–Crippen LogP) is -0.395. The summed E-state index contributed by atoms with van der Waals surface area (Å²) in [6, 6.07) is 4.32. The normalized spacial score (nSPS) is 11.9. The van der Waals surface area contributed by atoms with Crippen LogP contribution in [0, 0.1) is 0 Å². The van der Waals surface area contributed by atoms with E-state index in [9.17, 15) is 27.9 Å². The highest BCUT2D eigenvalue weighted by Gasteiger charge is 2.24. The lowest BCUT2D eigenvalue weighted by atomic mass is 10.1. The van der Waals surface area contributed by atoms with E-state index >= 15 is 0 Å². The molecule has 1 aromatic rings. The fourth-order valence-corrected chi connectivity index (χ4v) is 4.21. The molecule has 0 aliphatic rings. The fourth-order valence-electron chi connectivity index (χ4n) is 2.89. The number of carbonyl (C=O) groups is 3. The number of nitrogens with two attached hydrogens (primary N) is 2. The SMILES string of the molecule is CCCCCCCCS(=O)(=O)N[C@@H](CO)C(=O)NCC(=O)NC(=O)c1ccc(N=C(N)N)cc1. The molecular weight excluding hydrogens is 464 g/mol. The van der Waals surface area contributed by atoms with E-state index < -0.39 is 46.9 Å². The summed E-state index contributed by atoms with van der Waals surface area (Å²) in [5, 5.41) is 13.7. The molecule has 1 atom stereocenters. The average molecular weight is 499 g/mol. The van der Waals surface area contributed by atoms with Gasteiger partial charge in [0, 0.05) is 5.56 Å². The van der Waals surface area contributed by atoms with Gasteiger partial charge in [-0.15, -0.1) is 0 Å². The molecule has 0 spiro atoms. The zero-order chi connectivity index (χ0) is 25.6. The number of rotatable bonds is 15. The van der Waals surface area contributed by atoms with E-state index in [2.05, 4.69) is 27.3 Å². The number of carbonyl (C=O) groups excluding carboxylic acids is 3. The summed E-state index contributed by atoms with van der Waals surface area (Å²) < 4.78 is 26.5. The maximum atomic E-state index is 12.2. The van der Waals surface area contributed by atoms with E-state index in [0.717, 1.165) is 32.1 Å². The Balaban J connectivity index is 2.48. The highest BCUT2D eigenvalue weighted by molar-refractivity contribution is 7.89. The minimum atomic E-state index is -3.79. The number of aliphatic hydroxyl groups is 1. The summed E-state index contributed by atoms with van der Waals surface area (Å²) in [7, 11) is -3.79. The zero-order valence-electron chi connectivity index (χ0n) is 19.2. The minimum absolute atomic E-state index is 0.144. The smallest absolute Gasteiger partial charge is 0.257 e. The molecule has 0 saturated carbocycles. The molecule has 12 nitrogen and oxygen atoms in total. The van der Waals surface area contributed by atoms with Gasteiger partial charge in [-0.05, 0) is 30.7 Å². The fraction of sp³-hybridized carbons (Fsp3) is 0.524. The number of nitrogens with one attached hydrogen (secondary N) is 3. The van der Waals surface area contributed by atoms with Crippen LogP contribution in [0.4, 0.5) is 5.69 Å². The van der Waals surface area contributed by atoms with Crippen molar-refractivity contribution in [3.8, 4) is 0 Å². The second-order valence-corrected chi connectivity index (χ2v) is 9.49. The van der Waals surface area contributed by atoms with Crippen molar-refractivity contribution < 1.29 is 27.9 Å². The molecular formula is C21H34N6O6S. The molecule has 1 aromatic carbocycles. The van der Waals surface area contributed by atoms with Crippen LogP contribution < -0.4 is 26.8 Å². The Kier molecular flexibility index (Phi) is 12.8. The lowest BCUT2D eigenvalue weighted by Crippen LogP contribution is -2.51. The third-order valence-electron chi connectivity index (χ3n) is 4.65. The average Bonchev–Trinajstić information content (AvgIpc) is 2.78. The molecule has 0 aliphatic carbocycles. The van der Waals surface area contributed by atoms with Gasteiger partial charge in [-0.3, -0.25) is 19.7 Å². The van der Waals surface area contributed by atoms with Crippen molar-refractivity contribution in [2.75, 3.05) is 18.9 Å². The number of guanidine groups is 1. The number of imide groups is 1. The third-order valence-corrected chi connectivity index (χ3v) is 6.12. The first-order valence-corrected chi connectivity index (χ1v) is 12.7. The largest absolute Gasteiger partial charge is 0.394 e. The van der Waals surface area contributed by atoms with Crippen molar-refractivity contribution in [2.24, 2.45) is 16.5 Å². The van der Waals surface area contributed by atoms with Gasteiger partial charge in [-0.2, -0.15) is 0 Å². The molecule has 0 radical (unpaired) electrons. The molecule has 0 aromatic heterocycles. The van der Waals surface area contributed by atoms with Crippen molar-refractivity contribution in [3.05, 3.63) is 29.8 Å². The zero-order valence-corrected chi connectivity index (χ0v) is 20.1. The van der Waals surface area contributed by atoms with E-state index in [4.69, 9.17) is 11.5 Å². The molecule has 8 N–H and O–H groups in total. The number of amides is 3. The van der Waals surface area contributed by atoms with Crippen LogP contribution in [0.1, 0.15) is 55.8 Å². The van der Waals surface area contributed by atoms with Crippen molar-refractivity contribution in [3.63, 3.8) is 0 Å². The van der Waals surface area contributed by atoms with Crippen molar-refractivity contribution in [1.29, 1.82) is 0 Å². The number of sulfonamides is 1. The van der Waals surface area contributed by atoms with Crippen LogP contribution >= 0.6 is 0 Å². The summed E-state index contributed by atoms with van der Waals surface area (Å²) in [5.41, 5.74) is 11.1. The number of hydrogen-bond donors (Lipinski definition) is 6. The van der Waals surface area contributed by atoms with E-state index in [0.29, 0.717) is 12.1 Å². The minimum Gasteiger partial charge on any atom is -0.394 e. The first-order chi connectivity index (χ1) is 16.1. The maximum absolute atomic E-state index is 12.2. The topological polar surface area (TPSA) is 206 Å². The van der Waals surface area contributed by atoms with Crippen LogP contribution in [0.3, 0.4) is 0 Å². The van der Waals surface area contributed by atoms with Gasteiger partial charge in [0.1, 0.15) is 6.04 Å². The van der Waals surface area contributed by atoms with E-state index in [1.165, 1.54) is 24.3 Å². The van der Waals surface area contributed by atoms with Gasteiger partial charge in [0.15, 0.2) is 5.96 Å². The van der Waals surface area contributed by atoms with E-state index in [-0.39, 0.29) is 17.3 Å². The van der Waals surface area contributed by atoms with Gasteiger partial charge in [-0.1, -0.05) is 39.0 Å². The van der Waals surface area contributed by atoms with E-state index in [1.54, 1.807) is 0 Å². The Morgan fingerprint density at radius 2 is 1.65 bits per heavy atom.